The van der Waals surface area contributed by atoms with Gasteiger partial charge in [-0.1, -0.05) is 176 Å². The summed E-state index contributed by atoms with van der Waals surface area (Å²) in [5.41, 5.74) is 15.5. The molecule has 10 aromatic rings. The van der Waals surface area contributed by atoms with Crippen LogP contribution >= 0.6 is 0 Å². The molecule has 11 rings (SSSR count). The van der Waals surface area contributed by atoms with Crippen LogP contribution in [-0.2, 0) is 6.42 Å². The van der Waals surface area contributed by atoms with E-state index < -0.39 is 0 Å². The van der Waals surface area contributed by atoms with Gasteiger partial charge in [-0.3, -0.25) is 0 Å². The van der Waals surface area contributed by atoms with Crippen LogP contribution in [0.1, 0.15) is 23.1 Å². The lowest BCUT2D eigenvalue weighted by Gasteiger charge is -2.24. The highest BCUT2D eigenvalue weighted by molar-refractivity contribution is 6.31. The van der Waals surface area contributed by atoms with E-state index in [2.05, 4.69) is 194 Å². The lowest BCUT2D eigenvalue weighted by atomic mass is 9.79. The topological polar surface area (TPSA) is 0 Å². The summed E-state index contributed by atoms with van der Waals surface area (Å²) in [7, 11) is 0. The van der Waals surface area contributed by atoms with E-state index >= 15 is 0 Å². The minimum absolute atomic E-state index is 1.01. The second-order valence-corrected chi connectivity index (χ2v) is 14.7. The summed E-state index contributed by atoms with van der Waals surface area (Å²) in [6, 6.07) is 69.9. The molecule has 1 aliphatic carbocycles. The molecule has 54 heavy (non-hydrogen) atoms. The third kappa shape index (κ3) is 4.91. The molecule has 0 saturated carbocycles. The Morgan fingerprint density at radius 2 is 0.833 bits per heavy atom. The van der Waals surface area contributed by atoms with Crippen LogP contribution in [0.2, 0.25) is 0 Å². The number of allylic oxidation sites excluding steroid dienone is 1. The molecule has 252 valence electrons. The molecule has 0 unspecified atom stereocenters. The molecule has 0 spiro atoms. The maximum absolute atomic E-state index is 2.51. The van der Waals surface area contributed by atoms with Gasteiger partial charge in [-0.25, -0.2) is 0 Å². The van der Waals surface area contributed by atoms with Gasteiger partial charge in [0.1, 0.15) is 0 Å². The monoisotopic (exact) mass is 684 g/mol. The molecule has 0 aromatic heterocycles. The van der Waals surface area contributed by atoms with Gasteiger partial charge in [0.15, 0.2) is 0 Å². The predicted molar refractivity (Wildman–Crippen MR) is 232 cm³/mol. The largest absolute Gasteiger partial charge is 0.0622 e. The van der Waals surface area contributed by atoms with Crippen LogP contribution in [-0.4, -0.2) is 0 Å². The molecule has 10 aromatic carbocycles. The zero-order valence-electron chi connectivity index (χ0n) is 29.9. The minimum atomic E-state index is 1.01. The van der Waals surface area contributed by atoms with Crippen molar-refractivity contribution in [1.29, 1.82) is 0 Å². The summed E-state index contributed by atoms with van der Waals surface area (Å²) >= 11 is 0. The van der Waals surface area contributed by atoms with Gasteiger partial charge in [0, 0.05) is 0 Å². The number of fused-ring (bicyclic) bond motifs is 2. The van der Waals surface area contributed by atoms with Crippen molar-refractivity contribution in [2.45, 2.75) is 12.8 Å². The molecule has 0 N–H and O–H groups in total. The number of aryl methyl sites for hydroxylation is 1. The van der Waals surface area contributed by atoms with Crippen LogP contribution in [0.15, 0.2) is 188 Å². The van der Waals surface area contributed by atoms with Crippen molar-refractivity contribution in [1.82, 2.24) is 0 Å². The highest BCUT2D eigenvalue weighted by Crippen LogP contribution is 2.49. The quantitative estimate of drug-likeness (QED) is 0.158. The van der Waals surface area contributed by atoms with E-state index in [0.29, 0.717) is 0 Å². The maximum Gasteiger partial charge on any atom is -0.00139 e. The smallest absolute Gasteiger partial charge is 0.00139 e. The minimum Gasteiger partial charge on any atom is -0.0622 e. The summed E-state index contributed by atoms with van der Waals surface area (Å²) in [6.07, 6.45) is 4.51. The highest BCUT2D eigenvalue weighted by Gasteiger charge is 2.23. The molecule has 0 atom stereocenters. The first kappa shape index (κ1) is 30.8. The Morgan fingerprint density at radius 1 is 0.296 bits per heavy atom. The molecule has 0 heteroatoms. The zero-order chi connectivity index (χ0) is 35.6. The maximum atomic E-state index is 2.51. The third-order valence-electron chi connectivity index (χ3n) is 11.7. The van der Waals surface area contributed by atoms with E-state index in [1.165, 1.54) is 110 Å². The fraction of sp³-hybridized carbons (Fsp3) is 0.0370. The molecule has 0 aliphatic heterocycles. The Bertz CT molecular complexity index is 3070. The Kier molecular flexibility index (Phi) is 7.10. The van der Waals surface area contributed by atoms with Gasteiger partial charge in [-0.05, 0) is 141 Å². The van der Waals surface area contributed by atoms with Gasteiger partial charge >= 0.3 is 0 Å². The van der Waals surface area contributed by atoms with Crippen molar-refractivity contribution in [2.24, 2.45) is 0 Å². The van der Waals surface area contributed by atoms with Crippen molar-refractivity contribution in [2.75, 3.05) is 0 Å². The van der Waals surface area contributed by atoms with Gasteiger partial charge in [-0.2, -0.15) is 0 Å². The van der Waals surface area contributed by atoms with Gasteiger partial charge in [-0.15, -0.1) is 0 Å². The van der Waals surface area contributed by atoms with Gasteiger partial charge in [0.2, 0.25) is 0 Å². The Labute approximate surface area is 315 Å². The number of hydrogen-bond donors (Lipinski definition) is 0. The molecule has 0 heterocycles. The molecule has 0 nitrogen and oxygen atoms in total. The van der Waals surface area contributed by atoms with E-state index in [-0.39, 0.29) is 0 Å². The van der Waals surface area contributed by atoms with Crippen molar-refractivity contribution in [3.8, 4) is 44.5 Å². The molecule has 0 radical (unpaired) electrons. The standard InChI is InChI=1S/C54H36/c1-3-15-37(16-4-1)43-21-11-12-22-44(43)52-34-51(42-26-24-36-14-8-10-20-40(36)32-42)47-28-27-45-49(38-17-5-2-6-18-38)33-50(46-29-30-48(52)54(47)53(45)46)41-25-23-35-13-7-9-19-39(35)31-41/h1-23,25,27-34H,24,26H2. The van der Waals surface area contributed by atoms with Crippen molar-refractivity contribution in [3.63, 3.8) is 0 Å². The van der Waals surface area contributed by atoms with Crippen LogP contribution in [0.4, 0.5) is 0 Å². The predicted octanol–water partition coefficient (Wildman–Crippen LogP) is 14.9. The fourth-order valence-corrected chi connectivity index (χ4v) is 9.17. The first-order chi connectivity index (χ1) is 26.8. The summed E-state index contributed by atoms with van der Waals surface area (Å²) in [5.74, 6) is 0. The molecular formula is C54H36. The Balaban J connectivity index is 1.29. The van der Waals surface area contributed by atoms with Gasteiger partial charge < -0.3 is 0 Å². The first-order valence-electron chi connectivity index (χ1n) is 19.1. The molecule has 0 amide bonds. The van der Waals surface area contributed by atoms with Crippen LogP contribution in [0, 0.1) is 0 Å². The average molecular weight is 685 g/mol. The van der Waals surface area contributed by atoms with E-state index in [1.54, 1.807) is 0 Å². The van der Waals surface area contributed by atoms with E-state index in [1.807, 2.05) is 0 Å². The lowest BCUT2D eigenvalue weighted by molar-refractivity contribution is 1.00. The Hall–Kier alpha value is -6.76. The van der Waals surface area contributed by atoms with Crippen LogP contribution in [0.25, 0.3) is 99.2 Å². The summed E-state index contributed by atoms with van der Waals surface area (Å²) in [5, 5.41) is 10.4. The van der Waals surface area contributed by atoms with Crippen LogP contribution in [0.5, 0.6) is 0 Å². The van der Waals surface area contributed by atoms with E-state index in [9.17, 15) is 0 Å². The number of rotatable bonds is 5. The molecule has 1 aliphatic rings. The SMILES string of the molecule is C1=C(c2cc(-c3ccccc3-c3ccccc3)c3ccc4c(-c5ccc6ccccc6c5)cc(-c5ccccc5)c5ccc2c3c54)CCc2ccccc21. The van der Waals surface area contributed by atoms with E-state index in [0.717, 1.165) is 12.8 Å². The van der Waals surface area contributed by atoms with Crippen molar-refractivity contribution >= 4 is 54.7 Å². The van der Waals surface area contributed by atoms with Crippen molar-refractivity contribution < 1.29 is 0 Å². The normalized spacial score (nSPS) is 12.8. The molecule has 0 saturated heterocycles. The molecule has 0 bridgehead atoms. The second-order valence-electron chi connectivity index (χ2n) is 14.7. The number of benzene rings is 10. The van der Waals surface area contributed by atoms with Crippen LogP contribution in [0.3, 0.4) is 0 Å². The van der Waals surface area contributed by atoms with Gasteiger partial charge in [0.05, 0.1) is 0 Å². The van der Waals surface area contributed by atoms with Crippen molar-refractivity contribution in [3.05, 3.63) is 205 Å². The molecular weight excluding hydrogens is 649 g/mol. The lowest BCUT2D eigenvalue weighted by Crippen LogP contribution is -2.01. The third-order valence-corrected chi connectivity index (χ3v) is 11.7. The number of hydrogen-bond acceptors (Lipinski definition) is 0. The summed E-state index contributed by atoms with van der Waals surface area (Å²) in [6.45, 7) is 0. The summed E-state index contributed by atoms with van der Waals surface area (Å²) < 4.78 is 0. The van der Waals surface area contributed by atoms with Gasteiger partial charge in [0.25, 0.3) is 0 Å². The highest BCUT2D eigenvalue weighted by atomic mass is 14.3. The van der Waals surface area contributed by atoms with Crippen LogP contribution < -0.4 is 0 Å². The second kappa shape index (κ2) is 12.4. The van der Waals surface area contributed by atoms with E-state index in [4.69, 9.17) is 0 Å². The zero-order valence-corrected chi connectivity index (χ0v) is 29.9. The fourth-order valence-electron chi connectivity index (χ4n) is 9.17. The molecule has 0 fully saturated rings. The average Bonchev–Trinajstić information content (AvgIpc) is 3.25. The Morgan fingerprint density at radius 3 is 1.57 bits per heavy atom. The first-order valence-corrected chi connectivity index (χ1v) is 19.1. The summed E-state index contributed by atoms with van der Waals surface area (Å²) in [4.78, 5) is 0.